The summed E-state index contributed by atoms with van der Waals surface area (Å²) < 4.78 is 5.24. The van der Waals surface area contributed by atoms with Crippen molar-refractivity contribution < 1.29 is 19.4 Å². The molecule has 0 aliphatic heterocycles. The maximum Gasteiger partial charge on any atom is 0.411 e. The Labute approximate surface area is 257 Å². The minimum absolute atomic E-state index is 0.138. The van der Waals surface area contributed by atoms with Crippen LogP contribution in [0.1, 0.15) is 40.3 Å². The van der Waals surface area contributed by atoms with Gasteiger partial charge in [0.15, 0.2) is 0 Å². The van der Waals surface area contributed by atoms with Crippen molar-refractivity contribution >= 4 is 12.1 Å². The van der Waals surface area contributed by atoms with E-state index in [0.29, 0.717) is 6.54 Å². The molecule has 6 nitrogen and oxygen atoms in total. The quantitative estimate of drug-likeness (QED) is 0.170. The number of carboxylic acids is 1. The number of amides is 1. The Morgan fingerprint density at radius 1 is 0.705 bits per heavy atom. The summed E-state index contributed by atoms with van der Waals surface area (Å²) in [6, 6.07) is 44.4. The molecule has 1 amide bonds. The highest BCUT2D eigenvalue weighted by Gasteiger charge is 2.43. The standard InChI is InChI=1S/C38H34N2O4/c1-44-37(43)40(35-32-23-13-11-21-30(32)31-22-12-14-24-33(31)35)34(36(41)42)25-26-39-38(27-15-5-2-6-16-27,28-17-7-3-8-18-28)29-19-9-4-10-20-29/h2-24,34-35,39H,25-26H2,1H3,(H,41,42). The SMILES string of the molecule is COC(=O)N(C(CCNC(c1ccccc1)(c1ccccc1)c1ccccc1)C(=O)O)C1c2ccccc2-c2ccccc21. The lowest BCUT2D eigenvalue weighted by molar-refractivity contribution is -0.143. The number of methoxy groups -OCH3 is 1. The zero-order chi connectivity index (χ0) is 30.5. The van der Waals surface area contributed by atoms with Gasteiger partial charge in [-0.1, -0.05) is 140 Å². The Hall–Kier alpha value is -5.20. The molecule has 6 rings (SSSR count). The van der Waals surface area contributed by atoms with Crippen molar-refractivity contribution in [3.63, 3.8) is 0 Å². The molecule has 1 aliphatic carbocycles. The van der Waals surface area contributed by atoms with Crippen LogP contribution in [-0.2, 0) is 15.1 Å². The lowest BCUT2D eigenvalue weighted by atomic mass is 9.77. The molecule has 1 atom stereocenters. The fourth-order valence-electron chi connectivity index (χ4n) is 6.60. The first-order valence-corrected chi connectivity index (χ1v) is 14.7. The largest absolute Gasteiger partial charge is 0.480 e. The molecule has 0 fully saturated rings. The number of benzene rings is 5. The smallest absolute Gasteiger partial charge is 0.411 e. The molecule has 0 spiro atoms. The van der Waals surface area contributed by atoms with Gasteiger partial charge < -0.3 is 9.84 Å². The zero-order valence-electron chi connectivity index (χ0n) is 24.5. The molecular weight excluding hydrogens is 548 g/mol. The summed E-state index contributed by atoms with van der Waals surface area (Å²) in [5, 5.41) is 14.4. The van der Waals surface area contributed by atoms with Crippen LogP contribution in [0, 0.1) is 0 Å². The minimum Gasteiger partial charge on any atom is -0.480 e. The highest BCUT2D eigenvalue weighted by atomic mass is 16.5. The van der Waals surface area contributed by atoms with Crippen LogP contribution in [0.25, 0.3) is 11.1 Å². The van der Waals surface area contributed by atoms with E-state index >= 15 is 0 Å². The van der Waals surface area contributed by atoms with Crippen molar-refractivity contribution in [2.45, 2.75) is 24.0 Å². The number of ether oxygens (including phenoxy) is 1. The van der Waals surface area contributed by atoms with Crippen LogP contribution < -0.4 is 5.32 Å². The molecule has 1 aliphatic rings. The van der Waals surface area contributed by atoms with Crippen LogP contribution in [0.2, 0.25) is 0 Å². The third-order valence-electron chi connectivity index (χ3n) is 8.51. The molecule has 2 N–H and O–H groups in total. The van der Waals surface area contributed by atoms with Crippen LogP contribution in [0.5, 0.6) is 0 Å². The number of carboxylic acid groups (broad SMARTS) is 1. The van der Waals surface area contributed by atoms with Gasteiger partial charge in [-0.15, -0.1) is 0 Å². The van der Waals surface area contributed by atoms with E-state index in [1.807, 2.05) is 103 Å². The van der Waals surface area contributed by atoms with E-state index in [9.17, 15) is 14.7 Å². The molecule has 5 aromatic carbocycles. The Kier molecular flexibility index (Phi) is 8.26. The van der Waals surface area contributed by atoms with Gasteiger partial charge in [-0.3, -0.25) is 10.2 Å². The van der Waals surface area contributed by atoms with E-state index in [-0.39, 0.29) is 6.42 Å². The Morgan fingerprint density at radius 3 is 1.52 bits per heavy atom. The first kappa shape index (κ1) is 28.9. The van der Waals surface area contributed by atoms with Gasteiger partial charge in [0, 0.05) is 0 Å². The molecule has 0 saturated carbocycles. The molecule has 1 unspecified atom stereocenters. The summed E-state index contributed by atoms with van der Waals surface area (Å²) in [4.78, 5) is 27.9. The predicted octanol–water partition coefficient (Wildman–Crippen LogP) is 7.25. The van der Waals surface area contributed by atoms with Gasteiger partial charge >= 0.3 is 12.1 Å². The van der Waals surface area contributed by atoms with Gasteiger partial charge in [0.05, 0.1) is 18.7 Å². The molecule has 220 valence electrons. The van der Waals surface area contributed by atoms with Gasteiger partial charge in [0.2, 0.25) is 0 Å². The highest BCUT2D eigenvalue weighted by molar-refractivity contribution is 5.85. The third kappa shape index (κ3) is 5.14. The number of nitrogens with zero attached hydrogens (tertiary/aromatic N) is 1. The molecule has 0 radical (unpaired) electrons. The van der Waals surface area contributed by atoms with E-state index in [1.165, 1.54) is 12.0 Å². The predicted molar refractivity (Wildman–Crippen MR) is 171 cm³/mol. The van der Waals surface area contributed by atoms with Gasteiger partial charge in [-0.25, -0.2) is 9.59 Å². The van der Waals surface area contributed by atoms with Crippen molar-refractivity contribution in [3.8, 4) is 11.1 Å². The van der Waals surface area contributed by atoms with Gasteiger partial charge in [-0.05, 0) is 51.9 Å². The van der Waals surface area contributed by atoms with E-state index in [0.717, 1.165) is 38.9 Å². The number of carbonyl (C=O) groups is 2. The number of nitrogens with one attached hydrogen (secondary N) is 1. The fourth-order valence-corrected chi connectivity index (χ4v) is 6.60. The first-order valence-electron chi connectivity index (χ1n) is 14.7. The molecule has 0 saturated heterocycles. The van der Waals surface area contributed by atoms with Crippen LogP contribution in [-0.4, -0.2) is 41.8 Å². The molecular formula is C38H34N2O4. The Bertz CT molecular complexity index is 1600. The number of hydrogen-bond donors (Lipinski definition) is 2. The Balaban J connectivity index is 1.40. The van der Waals surface area contributed by atoms with E-state index in [4.69, 9.17) is 4.74 Å². The molecule has 5 aromatic rings. The monoisotopic (exact) mass is 582 g/mol. The second-order valence-electron chi connectivity index (χ2n) is 10.9. The normalized spacial score (nSPS) is 13.0. The zero-order valence-corrected chi connectivity index (χ0v) is 24.5. The topological polar surface area (TPSA) is 78.9 Å². The van der Waals surface area contributed by atoms with E-state index < -0.39 is 29.7 Å². The summed E-state index contributed by atoms with van der Waals surface area (Å²) in [7, 11) is 1.30. The molecule has 0 heterocycles. The third-order valence-corrected chi connectivity index (χ3v) is 8.51. The summed E-state index contributed by atoms with van der Waals surface area (Å²) in [6.07, 6.45) is -0.547. The van der Waals surface area contributed by atoms with Gasteiger partial charge in [0.1, 0.15) is 6.04 Å². The maximum atomic E-state index is 13.5. The summed E-state index contributed by atoms with van der Waals surface area (Å²) in [6.45, 7) is 0.291. The first-order chi connectivity index (χ1) is 21.6. The highest BCUT2D eigenvalue weighted by Crippen LogP contribution is 2.47. The van der Waals surface area contributed by atoms with Crippen molar-refractivity contribution in [1.82, 2.24) is 10.2 Å². The fraction of sp³-hybridized carbons (Fsp3) is 0.158. The summed E-state index contributed by atoms with van der Waals surface area (Å²) in [5.74, 6) is -1.09. The maximum absolute atomic E-state index is 13.5. The van der Waals surface area contributed by atoms with E-state index in [1.54, 1.807) is 0 Å². The lowest BCUT2D eigenvalue weighted by Gasteiger charge is -2.38. The van der Waals surface area contributed by atoms with Crippen molar-refractivity contribution in [1.29, 1.82) is 0 Å². The van der Waals surface area contributed by atoms with Gasteiger partial charge in [-0.2, -0.15) is 0 Å². The second-order valence-corrected chi connectivity index (χ2v) is 10.9. The average molecular weight is 583 g/mol. The number of carbonyl (C=O) groups excluding carboxylic acids is 1. The number of aliphatic carboxylic acids is 1. The average Bonchev–Trinajstić information content (AvgIpc) is 3.41. The number of rotatable bonds is 10. The number of fused-ring (bicyclic) bond motifs is 3. The summed E-state index contributed by atoms with van der Waals surface area (Å²) in [5.41, 5.74) is 6.03. The molecule has 0 bridgehead atoms. The summed E-state index contributed by atoms with van der Waals surface area (Å²) >= 11 is 0. The van der Waals surface area contributed by atoms with Crippen LogP contribution in [0.3, 0.4) is 0 Å². The second kappa shape index (κ2) is 12.6. The molecule has 0 aromatic heterocycles. The van der Waals surface area contributed by atoms with Crippen LogP contribution in [0.4, 0.5) is 4.79 Å². The molecule has 44 heavy (non-hydrogen) atoms. The van der Waals surface area contributed by atoms with Crippen molar-refractivity contribution in [2.75, 3.05) is 13.7 Å². The lowest BCUT2D eigenvalue weighted by Crippen LogP contribution is -2.50. The van der Waals surface area contributed by atoms with Crippen molar-refractivity contribution in [2.24, 2.45) is 0 Å². The van der Waals surface area contributed by atoms with Crippen molar-refractivity contribution in [3.05, 3.63) is 167 Å². The molecule has 6 heteroatoms. The van der Waals surface area contributed by atoms with Crippen LogP contribution in [0.15, 0.2) is 140 Å². The Morgan fingerprint density at radius 2 is 1.11 bits per heavy atom. The minimum atomic E-state index is -1.17. The van der Waals surface area contributed by atoms with Crippen LogP contribution >= 0.6 is 0 Å². The number of hydrogen-bond acceptors (Lipinski definition) is 4. The van der Waals surface area contributed by atoms with Gasteiger partial charge in [0.25, 0.3) is 0 Å². The van der Waals surface area contributed by atoms with E-state index in [2.05, 4.69) is 41.7 Å².